The normalized spacial score (nSPS) is 16.1. The Bertz CT molecular complexity index is 1920. The predicted octanol–water partition coefficient (Wildman–Crippen LogP) is 3.21. The number of ether oxygens (including phenoxy) is 1. The van der Waals surface area contributed by atoms with Crippen LogP contribution >= 0.6 is 15.8 Å². The summed E-state index contributed by atoms with van der Waals surface area (Å²) < 4.78 is 40.6. The van der Waals surface area contributed by atoms with Gasteiger partial charge in [0.2, 0.25) is 32.7 Å². The predicted molar refractivity (Wildman–Crippen MR) is 207 cm³/mol. The third kappa shape index (κ3) is 12.6. The largest absolute Gasteiger partial charge is 0.485 e. The second-order valence-electron chi connectivity index (χ2n) is 13.4. The summed E-state index contributed by atoms with van der Waals surface area (Å²) in [5, 5.41) is 15.6. The Kier molecular flexibility index (Phi) is 16.0. The van der Waals surface area contributed by atoms with Crippen LogP contribution in [0.5, 0.6) is 0 Å². The smallest absolute Gasteiger partial charge is 0.447 e. The molecule has 2 heterocycles. The van der Waals surface area contributed by atoms with E-state index >= 15 is 0 Å². The summed E-state index contributed by atoms with van der Waals surface area (Å²) in [4.78, 5) is 70.8. The van der Waals surface area contributed by atoms with Gasteiger partial charge in [0.25, 0.3) is 5.91 Å². The van der Waals surface area contributed by atoms with E-state index in [1.165, 1.54) is 30.5 Å². The SMILES string of the molecule is CC(C)/C=C/C(NC(=O)[C@H](Cc1ccccc1)NC(=O)c1cnccn1)B1OCc2ccc(N(C)C(=O)OCCNC(=O)CC(O)(P=O)P(C)(=O)O)cc2CO1. The molecule has 17 nitrogen and oxygen atoms in total. The Labute approximate surface area is 326 Å². The van der Waals surface area contributed by atoms with Crippen LogP contribution in [-0.2, 0) is 52.4 Å². The average Bonchev–Trinajstić information content (AvgIpc) is 3.39. The van der Waals surface area contributed by atoms with Gasteiger partial charge < -0.3 is 40.0 Å². The third-order valence-corrected chi connectivity index (χ3v) is 11.8. The molecule has 0 bridgehead atoms. The lowest BCUT2D eigenvalue weighted by Crippen LogP contribution is -2.55. The van der Waals surface area contributed by atoms with Gasteiger partial charge in [0.05, 0.1) is 38.3 Å². The lowest BCUT2D eigenvalue weighted by Gasteiger charge is -2.24. The Hall–Kier alpha value is -4.83. The van der Waals surface area contributed by atoms with Crippen molar-refractivity contribution >= 4 is 52.4 Å². The van der Waals surface area contributed by atoms with E-state index in [0.29, 0.717) is 5.69 Å². The molecule has 0 aliphatic carbocycles. The summed E-state index contributed by atoms with van der Waals surface area (Å²) in [6, 6.07) is 13.5. The van der Waals surface area contributed by atoms with Crippen LogP contribution in [0.4, 0.5) is 10.5 Å². The number of aromatic nitrogens is 2. The molecule has 3 aromatic rings. The van der Waals surface area contributed by atoms with Crippen molar-refractivity contribution in [3.05, 3.63) is 102 Å². The van der Waals surface area contributed by atoms with Gasteiger partial charge >= 0.3 is 13.2 Å². The van der Waals surface area contributed by atoms with E-state index in [1.54, 1.807) is 24.3 Å². The second kappa shape index (κ2) is 20.4. The number of carbonyl (C=O) groups is 4. The number of nitrogens with one attached hydrogen (secondary N) is 3. The third-order valence-electron chi connectivity index (χ3n) is 8.52. The zero-order valence-corrected chi connectivity index (χ0v) is 33.2. The number of anilines is 1. The monoisotopic (exact) mass is 810 g/mol. The highest BCUT2D eigenvalue weighted by Crippen LogP contribution is 2.57. The molecular weight excluding hydrogens is 765 g/mol. The minimum atomic E-state index is -4.28. The van der Waals surface area contributed by atoms with Crippen LogP contribution < -0.4 is 20.9 Å². The highest BCUT2D eigenvalue weighted by Gasteiger charge is 2.45. The first-order valence-corrected chi connectivity index (χ1v) is 20.5. The van der Waals surface area contributed by atoms with Gasteiger partial charge in [0.15, 0.2) is 0 Å². The molecule has 0 radical (unpaired) electrons. The van der Waals surface area contributed by atoms with Crippen molar-refractivity contribution in [2.45, 2.75) is 57.0 Å². The highest BCUT2D eigenvalue weighted by molar-refractivity contribution is 7.67. The molecule has 2 aromatic carbocycles. The fraction of sp³-hybridized carbons (Fsp3) is 0.389. The van der Waals surface area contributed by atoms with E-state index in [2.05, 4.69) is 25.9 Å². The summed E-state index contributed by atoms with van der Waals surface area (Å²) in [6.07, 6.45) is 6.42. The molecule has 20 heteroatoms. The van der Waals surface area contributed by atoms with E-state index in [9.17, 15) is 38.3 Å². The van der Waals surface area contributed by atoms with Crippen LogP contribution in [-0.4, -0.2) is 94.8 Å². The van der Waals surface area contributed by atoms with Crippen molar-refractivity contribution in [1.82, 2.24) is 25.9 Å². The standard InChI is InChI=1S/C36H45BN6O11P2/c1-24(2)10-13-31(42-33(45)29(18-25-8-6-5-7-9-25)41-34(46)30-21-38-14-15-39-30)37-53-22-26-11-12-28(19-27(26)23-54-37)43(3)35(47)52-17-16-40-32(44)20-36(48,55-49)56(4,50)51/h5-15,19,21,24,29,31,48H,16-18,20,22-23H2,1-4H3,(H,40,44)(H,41,46)(H,42,45)(H,50,51)/b13-10+/t29-,31?,36?/m0/s1. The number of allylic oxidation sites excluding steroid dienone is 1. The molecule has 1 aliphatic heterocycles. The van der Waals surface area contributed by atoms with Gasteiger partial charge in [0, 0.05) is 38.2 Å². The molecule has 4 rings (SSSR count). The maximum Gasteiger partial charge on any atom is 0.485 e. The number of fused-ring (bicyclic) bond motifs is 1. The van der Waals surface area contributed by atoms with E-state index in [-0.39, 0.29) is 44.4 Å². The molecule has 56 heavy (non-hydrogen) atoms. The maximum atomic E-state index is 13.9. The van der Waals surface area contributed by atoms with Gasteiger partial charge in [0.1, 0.15) is 18.3 Å². The molecule has 298 valence electrons. The summed E-state index contributed by atoms with van der Waals surface area (Å²) in [5.74, 6) is -2.51. The molecule has 0 saturated heterocycles. The number of rotatable bonds is 17. The Morgan fingerprint density at radius 1 is 1.07 bits per heavy atom. The van der Waals surface area contributed by atoms with Crippen LogP contribution in [0.2, 0.25) is 0 Å². The zero-order valence-electron chi connectivity index (χ0n) is 31.4. The molecule has 0 fully saturated rings. The van der Waals surface area contributed by atoms with Gasteiger partial charge in [-0.3, -0.25) is 33.4 Å². The van der Waals surface area contributed by atoms with E-state index in [4.69, 9.17) is 14.0 Å². The number of carbonyl (C=O) groups excluding carboxylic acids is 4. The number of amides is 4. The average molecular weight is 811 g/mol. The quantitative estimate of drug-likeness (QED) is 0.0571. The molecule has 3 unspecified atom stereocenters. The topological polar surface area (TPSA) is 236 Å². The Morgan fingerprint density at radius 3 is 2.43 bits per heavy atom. The molecule has 1 aliphatic rings. The second-order valence-corrected chi connectivity index (χ2v) is 17.1. The van der Waals surface area contributed by atoms with Crippen LogP contribution in [0.3, 0.4) is 0 Å². The van der Waals surface area contributed by atoms with Crippen molar-refractivity contribution in [1.29, 1.82) is 0 Å². The Morgan fingerprint density at radius 2 is 1.79 bits per heavy atom. The van der Waals surface area contributed by atoms with Crippen LogP contribution in [0.25, 0.3) is 0 Å². The summed E-state index contributed by atoms with van der Waals surface area (Å²) in [5.41, 5.74) is 2.86. The number of aliphatic hydroxyl groups is 1. The summed E-state index contributed by atoms with van der Waals surface area (Å²) >= 11 is 0. The first kappa shape index (κ1) is 43.9. The van der Waals surface area contributed by atoms with E-state index in [1.807, 2.05) is 50.3 Å². The van der Waals surface area contributed by atoms with Crippen molar-refractivity contribution in [3.8, 4) is 0 Å². The van der Waals surface area contributed by atoms with Crippen LogP contribution in [0.1, 0.15) is 47.4 Å². The molecule has 4 amide bonds. The van der Waals surface area contributed by atoms with Gasteiger partial charge in [-0.05, 0) is 34.7 Å². The molecule has 0 spiro atoms. The van der Waals surface area contributed by atoms with Gasteiger partial charge in [-0.15, -0.1) is 0 Å². The van der Waals surface area contributed by atoms with E-state index in [0.717, 1.165) is 23.4 Å². The fourth-order valence-corrected chi connectivity index (χ4v) is 6.53. The first-order valence-electron chi connectivity index (χ1n) is 17.6. The van der Waals surface area contributed by atoms with Crippen molar-refractivity contribution in [2.24, 2.45) is 5.92 Å². The molecule has 4 atom stereocenters. The van der Waals surface area contributed by atoms with Gasteiger partial charge in [-0.25, -0.2) is 9.78 Å². The van der Waals surface area contributed by atoms with Crippen molar-refractivity contribution in [3.63, 3.8) is 0 Å². The maximum absolute atomic E-state index is 13.9. The van der Waals surface area contributed by atoms with E-state index < -0.39 is 70.2 Å². The minimum Gasteiger partial charge on any atom is -0.447 e. The molecule has 1 aromatic heterocycles. The minimum absolute atomic E-state index is 0.0625. The number of hydrogen-bond donors (Lipinski definition) is 5. The van der Waals surface area contributed by atoms with Gasteiger partial charge in [-0.2, -0.15) is 0 Å². The molecule has 5 N–H and O–H groups in total. The van der Waals surface area contributed by atoms with Crippen molar-refractivity contribution < 1.29 is 52.4 Å². The molecule has 0 saturated carbocycles. The van der Waals surface area contributed by atoms with Crippen molar-refractivity contribution in [2.75, 3.05) is 31.8 Å². The van der Waals surface area contributed by atoms with Crippen LogP contribution in [0, 0.1) is 5.92 Å². The fourth-order valence-electron chi connectivity index (χ4n) is 5.28. The lowest BCUT2D eigenvalue weighted by molar-refractivity contribution is -0.123. The zero-order chi connectivity index (χ0) is 40.9. The number of benzene rings is 2. The Balaban J connectivity index is 1.39. The van der Waals surface area contributed by atoms with Gasteiger partial charge in [-0.1, -0.05) is 62.4 Å². The number of nitrogens with zero attached hydrogens (tertiary/aromatic N) is 3. The summed E-state index contributed by atoms with van der Waals surface area (Å²) in [7, 11) is -4.79. The summed E-state index contributed by atoms with van der Waals surface area (Å²) in [6.45, 7) is 4.51. The highest BCUT2D eigenvalue weighted by atomic mass is 31.2. The van der Waals surface area contributed by atoms with Crippen LogP contribution in [0.15, 0.2) is 79.3 Å². The first-order chi connectivity index (χ1) is 26.6. The lowest BCUT2D eigenvalue weighted by atomic mass is 9.77. The molecular formula is C36H45BN6O11P2. The number of hydrogen-bond acceptors (Lipinski definition) is 12.